The molecule has 2 aromatic heterocycles. The Morgan fingerprint density at radius 3 is 2.67 bits per heavy atom. The van der Waals surface area contributed by atoms with E-state index in [2.05, 4.69) is 25.4 Å². The summed E-state index contributed by atoms with van der Waals surface area (Å²) >= 11 is 6.63. The Labute approximate surface area is 184 Å². The van der Waals surface area contributed by atoms with Crippen LogP contribution in [0.15, 0.2) is 10.6 Å². The Kier molecular flexibility index (Phi) is 7.46. The first-order chi connectivity index (χ1) is 14.6. The minimum absolute atomic E-state index is 0.533. The molecule has 0 saturated carbocycles. The highest BCUT2D eigenvalue weighted by Crippen LogP contribution is 2.30. The molecule has 4 heterocycles. The molecule has 7 nitrogen and oxygen atoms in total. The van der Waals surface area contributed by atoms with E-state index in [0.717, 1.165) is 48.9 Å². The molecule has 4 rings (SSSR count). The van der Waals surface area contributed by atoms with E-state index in [0.29, 0.717) is 11.2 Å². The van der Waals surface area contributed by atoms with Gasteiger partial charge in [-0.1, -0.05) is 29.6 Å². The van der Waals surface area contributed by atoms with Gasteiger partial charge in [0.2, 0.25) is 0 Å². The van der Waals surface area contributed by atoms with E-state index in [1.54, 1.807) is 4.68 Å². The summed E-state index contributed by atoms with van der Waals surface area (Å²) in [4.78, 5) is 5.12. The van der Waals surface area contributed by atoms with Crippen molar-refractivity contribution in [3.8, 4) is 11.4 Å². The molecule has 2 saturated heterocycles. The van der Waals surface area contributed by atoms with E-state index < -0.39 is 0 Å². The van der Waals surface area contributed by atoms with E-state index >= 15 is 0 Å². The Morgan fingerprint density at radius 2 is 1.90 bits per heavy atom. The predicted molar refractivity (Wildman–Crippen MR) is 120 cm³/mol. The van der Waals surface area contributed by atoms with Crippen LogP contribution in [0.4, 0.5) is 0 Å². The van der Waals surface area contributed by atoms with Gasteiger partial charge in [0.1, 0.15) is 22.3 Å². The number of hydrogen-bond donors (Lipinski definition) is 1. The molecule has 1 unspecified atom stereocenters. The number of nitrogens with zero attached hydrogens (tertiary/aromatic N) is 5. The number of likely N-dealkylation sites (tertiary alicyclic amines) is 2. The molecule has 0 spiro atoms. The lowest BCUT2D eigenvalue weighted by molar-refractivity contribution is 0.216. The number of aryl methyl sites for hydroxylation is 2. The van der Waals surface area contributed by atoms with E-state index in [1.165, 1.54) is 58.2 Å². The Morgan fingerprint density at radius 1 is 1.13 bits per heavy atom. The van der Waals surface area contributed by atoms with Gasteiger partial charge in [0, 0.05) is 50.9 Å². The van der Waals surface area contributed by atoms with Crippen LogP contribution in [-0.4, -0.2) is 70.0 Å². The van der Waals surface area contributed by atoms with Crippen LogP contribution in [0.1, 0.15) is 49.8 Å². The van der Waals surface area contributed by atoms with E-state index in [-0.39, 0.29) is 0 Å². The van der Waals surface area contributed by atoms with Gasteiger partial charge in [0.05, 0.1) is 0 Å². The van der Waals surface area contributed by atoms with Crippen molar-refractivity contribution in [2.45, 2.75) is 58.0 Å². The Bertz CT molecular complexity index is 813. The molecule has 0 aliphatic carbocycles. The van der Waals surface area contributed by atoms with Gasteiger partial charge in [-0.3, -0.25) is 9.58 Å². The van der Waals surface area contributed by atoms with Crippen molar-refractivity contribution in [1.82, 2.24) is 30.1 Å². The fourth-order valence-corrected chi connectivity index (χ4v) is 4.92. The summed E-state index contributed by atoms with van der Waals surface area (Å²) in [7, 11) is 1.88. The van der Waals surface area contributed by atoms with Crippen molar-refractivity contribution in [3.63, 3.8) is 0 Å². The number of rotatable bonds is 7. The molecule has 0 amide bonds. The van der Waals surface area contributed by atoms with Crippen LogP contribution < -0.4 is 5.32 Å². The summed E-state index contributed by atoms with van der Waals surface area (Å²) in [6.45, 7) is 9.60. The fraction of sp³-hybridized carbons (Fsp3) is 0.727. The second-order valence-electron chi connectivity index (χ2n) is 8.85. The zero-order chi connectivity index (χ0) is 20.9. The van der Waals surface area contributed by atoms with Crippen LogP contribution >= 0.6 is 11.6 Å². The lowest BCUT2D eigenvalue weighted by Gasteiger charge is -2.29. The summed E-state index contributed by atoms with van der Waals surface area (Å²) in [5, 5.41) is 13.3. The SMILES string of the molecule is Cc1cc(-c2nn(C)c(Cl)c2CN2CCCCC(NCCN3CCCCC3)C2)no1. The molecule has 1 N–H and O–H groups in total. The smallest absolute Gasteiger partial charge is 0.134 e. The summed E-state index contributed by atoms with van der Waals surface area (Å²) in [6.07, 6.45) is 7.85. The highest BCUT2D eigenvalue weighted by molar-refractivity contribution is 6.30. The Balaban J connectivity index is 1.38. The van der Waals surface area contributed by atoms with Gasteiger partial charge in [-0.15, -0.1) is 0 Å². The van der Waals surface area contributed by atoms with Crippen molar-refractivity contribution in [2.24, 2.45) is 7.05 Å². The first-order valence-electron chi connectivity index (χ1n) is 11.4. The van der Waals surface area contributed by atoms with Crippen LogP contribution in [0.25, 0.3) is 11.4 Å². The first-order valence-corrected chi connectivity index (χ1v) is 11.8. The molecular formula is C22H35ClN6O. The predicted octanol–water partition coefficient (Wildman–Crippen LogP) is 3.47. The first kappa shape index (κ1) is 21.8. The molecule has 0 bridgehead atoms. The molecule has 2 aromatic rings. The molecule has 0 radical (unpaired) electrons. The van der Waals surface area contributed by atoms with Crippen molar-refractivity contribution in [3.05, 3.63) is 22.5 Å². The van der Waals surface area contributed by atoms with Crippen molar-refractivity contribution >= 4 is 11.6 Å². The van der Waals surface area contributed by atoms with Crippen molar-refractivity contribution < 1.29 is 4.52 Å². The zero-order valence-corrected chi connectivity index (χ0v) is 19.1. The lowest BCUT2D eigenvalue weighted by Crippen LogP contribution is -2.43. The quantitative estimate of drug-likeness (QED) is 0.719. The highest BCUT2D eigenvalue weighted by atomic mass is 35.5. The molecule has 166 valence electrons. The maximum atomic E-state index is 6.63. The number of halogens is 1. The average Bonchev–Trinajstić information content (AvgIpc) is 3.20. The minimum atomic E-state index is 0.533. The van der Waals surface area contributed by atoms with Crippen LogP contribution in [0, 0.1) is 6.92 Å². The maximum absolute atomic E-state index is 6.63. The van der Waals surface area contributed by atoms with Gasteiger partial charge in [-0.05, 0) is 52.2 Å². The van der Waals surface area contributed by atoms with Gasteiger partial charge in [-0.25, -0.2) is 0 Å². The van der Waals surface area contributed by atoms with E-state index in [9.17, 15) is 0 Å². The summed E-state index contributed by atoms with van der Waals surface area (Å²) in [6, 6.07) is 2.46. The topological polar surface area (TPSA) is 62.4 Å². The molecule has 8 heteroatoms. The van der Waals surface area contributed by atoms with Gasteiger partial charge in [0.25, 0.3) is 0 Å². The molecule has 2 aliphatic heterocycles. The largest absolute Gasteiger partial charge is 0.361 e. The summed E-state index contributed by atoms with van der Waals surface area (Å²) < 4.78 is 7.01. The number of aromatic nitrogens is 3. The number of piperidine rings is 1. The summed E-state index contributed by atoms with van der Waals surface area (Å²) in [5.41, 5.74) is 2.63. The van der Waals surface area contributed by atoms with Gasteiger partial charge < -0.3 is 14.7 Å². The van der Waals surface area contributed by atoms with Gasteiger partial charge in [-0.2, -0.15) is 5.10 Å². The maximum Gasteiger partial charge on any atom is 0.134 e. The third-order valence-electron chi connectivity index (χ3n) is 6.39. The second-order valence-corrected chi connectivity index (χ2v) is 9.21. The third-order valence-corrected chi connectivity index (χ3v) is 6.86. The third kappa shape index (κ3) is 5.44. The molecule has 30 heavy (non-hydrogen) atoms. The van der Waals surface area contributed by atoms with Crippen LogP contribution in [0.5, 0.6) is 0 Å². The molecule has 0 aromatic carbocycles. The zero-order valence-electron chi connectivity index (χ0n) is 18.4. The number of nitrogens with one attached hydrogen (secondary N) is 1. The Hall–Kier alpha value is -1.41. The average molecular weight is 435 g/mol. The van der Waals surface area contributed by atoms with Gasteiger partial charge in [0.15, 0.2) is 0 Å². The molecule has 2 fully saturated rings. The van der Waals surface area contributed by atoms with Crippen LogP contribution in [0.3, 0.4) is 0 Å². The standard InChI is InChI=1S/C22H35ClN6O/c1-17-14-20(26-30-17)21-19(22(23)27(2)25-21)16-29-12-7-4-8-18(15-29)24-9-13-28-10-5-3-6-11-28/h14,18,24H,3-13,15-16H2,1-2H3. The number of hydrogen-bond acceptors (Lipinski definition) is 6. The van der Waals surface area contributed by atoms with Crippen molar-refractivity contribution in [1.29, 1.82) is 0 Å². The van der Waals surface area contributed by atoms with Gasteiger partial charge >= 0.3 is 0 Å². The highest BCUT2D eigenvalue weighted by Gasteiger charge is 2.24. The van der Waals surface area contributed by atoms with E-state index in [1.807, 2.05) is 20.0 Å². The normalized spacial score (nSPS) is 21.8. The second kappa shape index (κ2) is 10.3. The monoisotopic (exact) mass is 434 g/mol. The van der Waals surface area contributed by atoms with Crippen LogP contribution in [-0.2, 0) is 13.6 Å². The molecule has 2 aliphatic rings. The minimum Gasteiger partial charge on any atom is -0.361 e. The van der Waals surface area contributed by atoms with Crippen LogP contribution in [0.2, 0.25) is 5.15 Å². The molecule has 1 atom stereocenters. The molecular weight excluding hydrogens is 400 g/mol. The van der Waals surface area contributed by atoms with E-state index in [4.69, 9.17) is 16.1 Å². The summed E-state index contributed by atoms with van der Waals surface area (Å²) in [5.74, 6) is 0.783. The van der Waals surface area contributed by atoms with Crippen molar-refractivity contribution in [2.75, 3.05) is 39.3 Å². The fourth-order valence-electron chi connectivity index (χ4n) is 4.74. The lowest BCUT2D eigenvalue weighted by atomic mass is 10.1.